The Bertz CT molecular complexity index is 789. The van der Waals surface area contributed by atoms with Gasteiger partial charge in [0.15, 0.2) is 11.5 Å². The Balaban J connectivity index is 1.93. The van der Waals surface area contributed by atoms with Gasteiger partial charge in [0.25, 0.3) is 0 Å². The van der Waals surface area contributed by atoms with Crippen LogP contribution in [-0.2, 0) is 14.8 Å². The van der Waals surface area contributed by atoms with Crippen LogP contribution >= 0.6 is 0 Å². The summed E-state index contributed by atoms with van der Waals surface area (Å²) >= 11 is 0. The third-order valence-electron chi connectivity index (χ3n) is 4.52. The van der Waals surface area contributed by atoms with Gasteiger partial charge in [-0.1, -0.05) is 11.6 Å². The molecule has 0 radical (unpaired) electrons. The number of benzene rings is 1. The minimum Gasteiger partial charge on any atom is -0.493 e. The van der Waals surface area contributed by atoms with Crippen molar-refractivity contribution in [3.63, 3.8) is 0 Å². The second-order valence-electron chi connectivity index (χ2n) is 6.51. The molecule has 0 spiro atoms. The van der Waals surface area contributed by atoms with E-state index in [1.807, 2.05) is 0 Å². The zero-order valence-electron chi connectivity index (χ0n) is 16.1. The predicted octanol–water partition coefficient (Wildman–Crippen LogP) is 2.38. The van der Waals surface area contributed by atoms with Crippen molar-refractivity contribution in [3.8, 4) is 11.5 Å². The largest absolute Gasteiger partial charge is 0.493 e. The van der Waals surface area contributed by atoms with Crippen molar-refractivity contribution < 1.29 is 22.7 Å². The monoisotopic (exact) mass is 396 g/mol. The van der Waals surface area contributed by atoms with Crippen LogP contribution in [-0.4, -0.2) is 41.1 Å². The first-order valence-corrected chi connectivity index (χ1v) is 10.6. The number of carbonyl (C=O) groups is 1. The van der Waals surface area contributed by atoms with Gasteiger partial charge in [-0.15, -0.1) is 0 Å². The summed E-state index contributed by atoms with van der Waals surface area (Å²) in [5, 5.41) is 2.79. The van der Waals surface area contributed by atoms with Crippen LogP contribution in [0, 0.1) is 0 Å². The molecule has 0 saturated carbocycles. The maximum absolute atomic E-state index is 12.5. The smallest absolute Gasteiger partial charge is 0.241 e. The SMILES string of the molecule is COc1ccc(S(=O)(=O)NC(C)C(=O)NCCC2=CCCCC2)cc1OC. The van der Waals surface area contributed by atoms with E-state index in [4.69, 9.17) is 9.47 Å². The van der Waals surface area contributed by atoms with E-state index < -0.39 is 16.1 Å². The number of allylic oxidation sites excluding steroid dienone is 1. The van der Waals surface area contributed by atoms with Crippen molar-refractivity contribution in [1.82, 2.24) is 10.0 Å². The van der Waals surface area contributed by atoms with Gasteiger partial charge in [0.2, 0.25) is 15.9 Å². The maximum atomic E-state index is 12.5. The molecule has 1 aliphatic rings. The van der Waals surface area contributed by atoms with Gasteiger partial charge in [0.1, 0.15) is 0 Å². The summed E-state index contributed by atoms with van der Waals surface area (Å²) in [6, 6.07) is 3.39. The van der Waals surface area contributed by atoms with Crippen LogP contribution in [0.5, 0.6) is 11.5 Å². The Kier molecular flexibility index (Phi) is 7.67. The number of hydrogen-bond acceptors (Lipinski definition) is 5. The molecule has 1 aromatic carbocycles. The third-order valence-corrected chi connectivity index (χ3v) is 6.06. The Hall–Kier alpha value is -2.06. The first kappa shape index (κ1) is 21.2. The van der Waals surface area contributed by atoms with Crippen LogP contribution in [0.4, 0.5) is 0 Å². The van der Waals surface area contributed by atoms with Gasteiger partial charge in [-0.05, 0) is 51.2 Å². The van der Waals surface area contributed by atoms with Gasteiger partial charge in [0.05, 0.1) is 25.2 Å². The lowest BCUT2D eigenvalue weighted by molar-refractivity contribution is -0.122. The minimum atomic E-state index is -3.87. The molecule has 1 amide bonds. The average Bonchev–Trinajstić information content (AvgIpc) is 2.67. The molecule has 1 aliphatic carbocycles. The fraction of sp³-hybridized carbons (Fsp3) is 0.526. The van der Waals surface area contributed by atoms with Gasteiger partial charge in [0, 0.05) is 12.6 Å². The van der Waals surface area contributed by atoms with Gasteiger partial charge in [-0.25, -0.2) is 8.42 Å². The summed E-state index contributed by atoms with van der Waals surface area (Å²) in [6.45, 7) is 2.03. The maximum Gasteiger partial charge on any atom is 0.241 e. The van der Waals surface area contributed by atoms with Crippen LogP contribution in [0.25, 0.3) is 0 Å². The van der Waals surface area contributed by atoms with E-state index in [1.54, 1.807) is 0 Å². The quantitative estimate of drug-likeness (QED) is 0.625. The molecule has 0 bridgehead atoms. The molecule has 2 rings (SSSR count). The molecule has 8 heteroatoms. The summed E-state index contributed by atoms with van der Waals surface area (Å²) in [5.74, 6) is 0.382. The molecule has 1 unspecified atom stereocenters. The van der Waals surface area contributed by atoms with Crippen molar-refractivity contribution in [2.24, 2.45) is 0 Å². The van der Waals surface area contributed by atoms with E-state index in [2.05, 4.69) is 16.1 Å². The summed E-state index contributed by atoms with van der Waals surface area (Å²) in [6.07, 6.45) is 7.65. The second-order valence-corrected chi connectivity index (χ2v) is 8.22. The van der Waals surface area contributed by atoms with Crippen molar-refractivity contribution in [1.29, 1.82) is 0 Å². The molecule has 2 N–H and O–H groups in total. The summed E-state index contributed by atoms with van der Waals surface area (Å²) < 4.78 is 37.7. The number of rotatable bonds is 9. The van der Waals surface area contributed by atoms with Crippen LogP contribution in [0.1, 0.15) is 39.0 Å². The predicted molar refractivity (Wildman–Crippen MR) is 104 cm³/mol. The number of ether oxygens (including phenoxy) is 2. The van der Waals surface area contributed by atoms with Crippen LogP contribution in [0.2, 0.25) is 0 Å². The summed E-state index contributed by atoms with van der Waals surface area (Å²) in [7, 11) is -0.963. The molecule has 150 valence electrons. The van der Waals surface area contributed by atoms with E-state index in [0.29, 0.717) is 18.0 Å². The Morgan fingerprint density at radius 1 is 1.19 bits per heavy atom. The highest BCUT2D eigenvalue weighted by molar-refractivity contribution is 7.89. The van der Waals surface area contributed by atoms with E-state index in [1.165, 1.54) is 57.8 Å². The van der Waals surface area contributed by atoms with Gasteiger partial charge in [-0.2, -0.15) is 4.72 Å². The number of nitrogens with one attached hydrogen (secondary N) is 2. The van der Waals surface area contributed by atoms with Gasteiger partial charge in [-0.3, -0.25) is 4.79 Å². The van der Waals surface area contributed by atoms with Crippen molar-refractivity contribution in [2.45, 2.75) is 50.0 Å². The van der Waals surface area contributed by atoms with Crippen molar-refractivity contribution in [3.05, 3.63) is 29.8 Å². The lowest BCUT2D eigenvalue weighted by atomic mass is 9.97. The van der Waals surface area contributed by atoms with E-state index >= 15 is 0 Å². The summed E-state index contributed by atoms with van der Waals surface area (Å²) in [4.78, 5) is 12.2. The van der Waals surface area contributed by atoms with E-state index in [9.17, 15) is 13.2 Å². The zero-order chi connectivity index (χ0) is 19.9. The number of carbonyl (C=O) groups excluding carboxylic acids is 1. The Morgan fingerprint density at radius 3 is 2.56 bits per heavy atom. The topological polar surface area (TPSA) is 93.7 Å². The normalized spacial score (nSPS) is 15.6. The van der Waals surface area contributed by atoms with Crippen molar-refractivity contribution >= 4 is 15.9 Å². The molecule has 1 atom stereocenters. The fourth-order valence-electron chi connectivity index (χ4n) is 2.97. The lowest BCUT2D eigenvalue weighted by Gasteiger charge is -2.17. The van der Waals surface area contributed by atoms with Crippen molar-refractivity contribution in [2.75, 3.05) is 20.8 Å². The Labute approximate surface area is 161 Å². The van der Waals surface area contributed by atoms with Crippen LogP contribution in [0.15, 0.2) is 34.7 Å². The Morgan fingerprint density at radius 2 is 1.93 bits per heavy atom. The van der Waals surface area contributed by atoms with E-state index in [0.717, 1.165) is 19.3 Å². The highest BCUT2D eigenvalue weighted by Crippen LogP contribution is 2.29. The van der Waals surface area contributed by atoms with Crippen LogP contribution < -0.4 is 19.5 Å². The van der Waals surface area contributed by atoms with Gasteiger partial charge >= 0.3 is 0 Å². The highest BCUT2D eigenvalue weighted by atomic mass is 32.2. The summed E-state index contributed by atoms with van der Waals surface area (Å²) in [5.41, 5.74) is 1.36. The minimum absolute atomic E-state index is 0.00663. The average molecular weight is 397 g/mol. The second kappa shape index (κ2) is 9.75. The molecule has 0 heterocycles. The molecular formula is C19H28N2O5S. The fourth-order valence-corrected chi connectivity index (χ4v) is 4.19. The molecule has 1 aromatic rings. The van der Waals surface area contributed by atoms with E-state index in [-0.39, 0.29) is 10.8 Å². The molecule has 0 aromatic heterocycles. The zero-order valence-corrected chi connectivity index (χ0v) is 16.9. The first-order chi connectivity index (χ1) is 12.9. The van der Waals surface area contributed by atoms with Crippen LogP contribution in [0.3, 0.4) is 0 Å². The highest BCUT2D eigenvalue weighted by Gasteiger charge is 2.23. The standard InChI is InChI=1S/C19H28N2O5S/c1-14(19(22)20-12-11-15-7-5-4-6-8-15)21-27(23,24)16-9-10-17(25-2)18(13-16)26-3/h7,9-10,13-14,21H,4-6,8,11-12H2,1-3H3,(H,20,22). The number of methoxy groups -OCH3 is 2. The molecule has 0 fully saturated rings. The number of sulfonamides is 1. The number of amides is 1. The molecule has 0 saturated heterocycles. The molecule has 27 heavy (non-hydrogen) atoms. The van der Waals surface area contributed by atoms with Gasteiger partial charge < -0.3 is 14.8 Å². The third kappa shape index (κ3) is 5.97. The lowest BCUT2D eigenvalue weighted by Crippen LogP contribution is -2.45. The number of hydrogen-bond donors (Lipinski definition) is 2. The molecule has 0 aliphatic heterocycles. The molecular weight excluding hydrogens is 368 g/mol. The first-order valence-electron chi connectivity index (χ1n) is 9.07. The molecule has 7 nitrogen and oxygen atoms in total.